The third-order valence-corrected chi connectivity index (χ3v) is 3.77. The maximum absolute atomic E-state index is 6.08. The number of benzene rings is 1. The molecular formula is C14H19NO2. The van der Waals surface area contributed by atoms with Crippen molar-refractivity contribution in [2.45, 2.75) is 37.5 Å². The Morgan fingerprint density at radius 2 is 2.12 bits per heavy atom. The maximum Gasteiger partial charge on any atom is 0.127 e. The summed E-state index contributed by atoms with van der Waals surface area (Å²) in [6, 6.07) is 8.68. The Hall–Kier alpha value is -1.06. The molecule has 1 saturated heterocycles. The molecule has 0 saturated carbocycles. The van der Waals surface area contributed by atoms with Crippen LogP contribution in [-0.2, 0) is 4.74 Å². The van der Waals surface area contributed by atoms with Crippen LogP contribution in [0.5, 0.6) is 5.75 Å². The summed E-state index contributed by atoms with van der Waals surface area (Å²) in [5, 5.41) is 3.38. The van der Waals surface area contributed by atoms with Crippen molar-refractivity contribution in [2.24, 2.45) is 0 Å². The zero-order chi connectivity index (χ0) is 11.7. The average molecular weight is 233 g/mol. The van der Waals surface area contributed by atoms with Gasteiger partial charge in [0.1, 0.15) is 11.9 Å². The van der Waals surface area contributed by atoms with Crippen LogP contribution in [0.25, 0.3) is 0 Å². The molecule has 17 heavy (non-hydrogen) atoms. The summed E-state index contributed by atoms with van der Waals surface area (Å²) in [7, 11) is 2.01. The maximum atomic E-state index is 6.08. The topological polar surface area (TPSA) is 30.5 Å². The Morgan fingerprint density at radius 1 is 1.24 bits per heavy atom. The summed E-state index contributed by atoms with van der Waals surface area (Å²) in [6.07, 6.45) is 3.77. The van der Waals surface area contributed by atoms with Crippen LogP contribution < -0.4 is 10.1 Å². The minimum absolute atomic E-state index is 0.199. The van der Waals surface area contributed by atoms with Crippen LogP contribution in [0.4, 0.5) is 0 Å². The zero-order valence-electron chi connectivity index (χ0n) is 10.2. The highest BCUT2D eigenvalue weighted by atomic mass is 16.5. The normalized spacial score (nSPS) is 31.9. The predicted octanol–water partition coefficient (Wildman–Crippen LogP) is 2.28. The van der Waals surface area contributed by atoms with E-state index >= 15 is 0 Å². The van der Waals surface area contributed by atoms with Crippen LogP contribution in [0.15, 0.2) is 24.3 Å². The first-order chi connectivity index (χ1) is 8.38. The number of para-hydroxylation sites is 1. The number of ether oxygens (including phenoxy) is 2. The Bertz CT molecular complexity index is 388. The van der Waals surface area contributed by atoms with Gasteiger partial charge in [-0.2, -0.15) is 0 Å². The molecule has 0 aromatic heterocycles. The van der Waals surface area contributed by atoms with Gasteiger partial charge in [-0.15, -0.1) is 0 Å². The summed E-state index contributed by atoms with van der Waals surface area (Å²) < 4.78 is 11.8. The van der Waals surface area contributed by atoms with Crippen LogP contribution in [-0.4, -0.2) is 25.9 Å². The van der Waals surface area contributed by atoms with E-state index in [0.717, 1.165) is 31.6 Å². The number of hydrogen-bond acceptors (Lipinski definition) is 3. The van der Waals surface area contributed by atoms with E-state index in [2.05, 4.69) is 23.5 Å². The van der Waals surface area contributed by atoms with Crippen molar-refractivity contribution in [2.75, 3.05) is 13.7 Å². The molecule has 3 unspecified atom stereocenters. The van der Waals surface area contributed by atoms with Crippen molar-refractivity contribution in [1.82, 2.24) is 5.32 Å². The second-order valence-electron chi connectivity index (χ2n) is 4.82. The Labute approximate surface area is 102 Å². The second-order valence-corrected chi connectivity index (χ2v) is 4.82. The lowest BCUT2D eigenvalue weighted by atomic mass is 9.93. The molecule has 0 aliphatic carbocycles. The van der Waals surface area contributed by atoms with E-state index in [1.54, 1.807) is 0 Å². The van der Waals surface area contributed by atoms with Crippen molar-refractivity contribution in [3.05, 3.63) is 29.8 Å². The molecular weight excluding hydrogens is 214 g/mol. The van der Waals surface area contributed by atoms with E-state index < -0.39 is 0 Å². The molecule has 1 aromatic rings. The van der Waals surface area contributed by atoms with E-state index in [9.17, 15) is 0 Å². The molecule has 3 atom stereocenters. The Morgan fingerprint density at radius 3 is 2.88 bits per heavy atom. The van der Waals surface area contributed by atoms with Crippen molar-refractivity contribution >= 4 is 0 Å². The highest BCUT2D eigenvalue weighted by molar-refractivity contribution is 5.38. The molecule has 1 aromatic carbocycles. The van der Waals surface area contributed by atoms with E-state index in [4.69, 9.17) is 9.47 Å². The first-order valence-corrected chi connectivity index (χ1v) is 6.43. The van der Waals surface area contributed by atoms with Crippen molar-refractivity contribution in [3.8, 4) is 5.75 Å². The van der Waals surface area contributed by atoms with E-state index in [1.807, 2.05) is 13.1 Å². The largest absolute Gasteiger partial charge is 0.487 e. The summed E-state index contributed by atoms with van der Waals surface area (Å²) in [6.45, 7) is 0.885. The highest BCUT2D eigenvalue weighted by Crippen LogP contribution is 2.37. The van der Waals surface area contributed by atoms with Gasteiger partial charge in [-0.3, -0.25) is 0 Å². The van der Waals surface area contributed by atoms with Gasteiger partial charge >= 0.3 is 0 Å². The number of rotatable bonds is 2. The summed E-state index contributed by atoms with van der Waals surface area (Å²) in [5.41, 5.74) is 1.27. The van der Waals surface area contributed by atoms with Gasteiger partial charge < -0.3 is 14.8 Å². The lowest BCUT2D eigenvalue weighted by Crippen LogP contribution is -2.39. The quantitative estimate of drug-likeness (QED) is 0.850. The average Bonchev–Trinajstić information content (AvgIpc) is 2.91. The molecule has 0 radical (unpaired) electrons. The molecule has 3 heteroatoms. The van der Waals surface area contributed by atoms with Gasteiger partial charge in [0, 0.05) is 24.6 Å². The molecule has 1 N–H and O–H groups in total. The molecule has 92 valence electrons. The van der Waals surface area contributed by atoms with Gasteiger partial charge in [-0.1, -0.05) is 18.2 Å². The number of hydrogen-bond donors (Lipinski definition) is 1. The molecule has 3 nitrogen and oxygen atoms in total. The van der Waals surface area contributed by atoms with Crippen LogP contribution in [0, 0.1) is 0 Å². The summed E-state index contributed by atoms with van der Waals surface area (Å²) >= 11 is 0. The van der Waals surface area contributed by atoms with Gasteiger partial charge in [0.15, 0.2) is 0 Å². The van der Waals surface area contributed by atoms with Gasteiger partial charge in [-0.25, -0.2) is 0 Å². The van der Waals surface area contributed by atoms with Gasteiger partial charge in [0.2, 0.25) is 0 Å². The third-order valence-electron chi connectivity index (χ3n) is 3.77. The molecule has 0 amide bonds. The fourth-order valence-corrected chi connectivity index (χ4v) is 2.84. The van der Waals surface area contributed by atoms with Crippen LogP contribution in [0.1, 0.15) is 30.9 Å². The van der Waals surface area contributed by atoms with Gasteiger partial charge in [0.05, 0.1) is 6.10 Å². The third kappa shape index (κ3) is 2.05. The molecule has 0 bridgehead atoms. The summed E-state index contributed by atoms with van der Waals surface area (Å²) in [4.78, 5) is 0. The van der Waals surface area contributed by atoms with Crippen molar-refractivity contribution in [3.63, 3.8) is 0 Å². The summed E-state index contributed by atoms with van der Waals surface area (Å²) in [5.74, 6) is 1.01. The smallest absolute Gasteiger partial charge is 0.127 e. The zero-order valence-corrected chi connectivity index (χ0v) is 10.2. The second kappa shape index (κ2) is 4.67. The van der Waals surface area contributed by atoms with E-state index in [-0.39, 0.29) is 12.2 Å². The van der Waals surface area contributed by atoms with Crippen LogP contribution >= 0.6 is 0 Å². The fraction of sp³-hybridized carbons (Fsp3) is 0.571. The van der Waals surface area contributed by atoms with E-state index in [1.165, 1.54) is 5.56 Å². The molecule has 0 spiro atoms. The lowest BCUT2D eigenvalue weighted by Gasteiger charge is -2.34. The van der Waals surface area contributed by atoms with Crippen LogP contribution in [0.3, 0.4) is 0 Å². The van der Waals surface area contributed by atoms with Crippen molar-refractivity contribution in [1.29, 1.82) is 0 Å². The van der Waals surface area contributed by atoms with Gasteiger partial charge in [0.25, 0.3) is 0 Å². The van der Waals surface area contributed by atoms with Crippen molar-refractivity contribution < 1.29 is 9.47 Å². The first-order valence-electron chi connectivity index (χ1n) is 6.43. The first kappa shape index (κ1) is 11.1. The number of fused-ring (bicyclic) bond motifs is 1. The molecule has 2 aliphatic rings. The van der Waals surface area contributed by atoms with Gasteiger partial charge in [-0.05, 0) is 26.0 Å². The van der Waals surface area contributed by atoms with E-state index in [0.29, 0.717) is 6.04 Å². The minimum Gasteiger partial charge on any atom is -0.487 e. The highest BCUT2D eigenvalue weighted by Gasteiger charge is 2.34. The fourth-order valence-electron chi connectivity index (χ4n) is 2.84. The number of nitrogens with one attached hydrogen (secondary N) is 1. The lowest BCUT2D eigenvalue weighted by molar-refractivity contribution is -0.00396. The molecule has 1 fully saturated rings. The molecule has 2 aliphatic heterocycles. The Balaban J connectivity index is 1.84. The molecule has 2 heterocycles. The molecule has 3 rings (SSSR count). The monoisotopic (exact) mass is 233 g/mol. The minimum atomic E-state index is 0.199. The van der Waals surface area contributed by atoms with Crippen LogP contribution in [0.2, 0.25) is 0 Å². The predicted molar refractivity (Wildman–Crippen MR) is 66.2 cm³/mol. The SMILES string of the molecule is CNC1CC(C2CCCO2)Oc2ccccc21. The standard InChI is InChI=1S/C14H19NO2/c1-15-11-9-14(13-7-4-8-16-13)17-12-6-3-2-5-10(11)12/h2-3,5-6,11,13-15H,4,7-9H2,1H3. The Kier molecular flexibility index (Phi) is 3.04.